The molecule has 0 amide bonds. The van der Waals surface area contributed by atoms with E-state index in [1.165, 1.54) is 5.56 Å². The van der Waals surface area contributed by atoms with Gasteiger partial charge in [0.15, 0.2) is 0 Å². The number of aromatic nitrogens is 1. The molecule has 0 radical (unpaired) electrons. The average Bonchev–Trinajstić information content (AvgIpc) is 2.33. The summed E-state index contributed by atoms with van der Waals surface area (Å²) in [5.74, 6) is 1.95. The largest absolute Gasteiger partial charge is 0.455 e. The quantitative estimate of drug-likeness (QED) is 0.750. The SMILES string of the molecule is Cc1ccc(Oc2cccnc2)c(CCl)c1. The maximum Gasteiger partial charge on any atom is 0.145 e. The Balaban J connectivity index is 2.28. The lowest BCUT2D eigenvalue weighted by atomic mass is 10.1. The summed E-state index contributed by atoms with van der Waals surface area (Å²) in [6.45, 7) is 2.03. The first-order valence-electron chi connectivity index (χ1n) is 5.03. The van der Waals surface area contributed by atoms with Crippen LogP contribution >= 0.6 is 11.6 Å². The van der Waals surface area contributed by atoms with Crippen molar-refractivity contribution in [3.63, 3.8) is 0 Å². The Morgan fingerprint density at radius 3 is 2.88 bits per heavy atom. The van der Waals surface area contributed by atoms with Crippen LogP contribution in [0.4, 0.5) is 0 Å². The molecule has 1 aromatic carbocycles. The smallest absolute Gasteiger partial charge is 0.145 e. The highest BCUT2D eigenvalue weighted by Crippen LogP contribution is 2.26. The number of halogens is 1. The van der Waals surface area contributed by atoms with Gasteiger partial charge in [0.25, 0.3) is 0 Å². The summed E-state index contributed by atoms with van der Waals surface area (Å²) in [5, 5.41) is 0. The van der Waals surface area contributed by atoms with Gasteiger partial charge in [0.1, 0.15) is 11.5 Å². The monoisotopic (exact) mass is 233 g/mol. The molecule has 16 heavy (non-hydrogen) atoms. The van der Waals surface area contributed by atoms with Crippen LogP contribution in [-0.4, -0.2) is 4.98 Å². The van der Waals surface area contributed by atoms with E-state index in [4.69, 9.17) is 16.3 Å². The number of pyridine rings is 1. The van der Waals surface area contributed by atoms with Crippen molar-refractivity contribution in [3.05, 3.63) is 53.9 Å². The molecule has 3 heteroatoms. The molecular weight excluding hydrogens is 222 g/mol. The molecule has 0 saturated heterocycles. The predicted octanol–water partition coefficient (Wildman–Crippen LogP) is 3.92. The Bertz CT molecular complexity index is 471. The molecule has 2 aromatic rings. The van der Waals surface area contributed by atoms with Gasteiger partial charge in [-0.1, -0.05) is 17.7 Å². The Morgan fingerprint density at radius 1 is 1.31 bits per heavy atom. The fraction of sp³-hybridized carbons (Fsp3) is 0.154. The van der Waals surface area contributed by atoms with Crippen LogP contribution in [0.5, 0.6) is 11.5 Å². The molecule has 0 aliphatic rings. The van der Waals surface area contributed by atoms with Gasteiger partial charge in [-0.25, -0.2) is 0 Å². The van der Waals surface area contributed by atoms with Gasteiger partial charge in [0.05, 0.1) is 12.1 Å². The van der Waals surface area contributed by atoms with E-state index in [9.17, 15) is 0 Å². The molecule has 0 atom stereocenters. The number of ether oxygens (including phenoxy) is 1. The van der Waals surface area contributed by atoms with Crippen molar-refractivity contribution >= 4 is 11.6 Å². The summed E-state index contributed by atoms with van der Waals surface area (Å²) < 4.78 is 5.71. The van der Waals surface area contributed by atoms with Gasteiger partial charge in [-0.3, -0.25) is 4.98 Å². The van der Waals surface area contributed by atoms with Crippen LogP contribution in [0.1, 0.15) is 11.1 Å². The van der Waals surface area contributed by atoms with E-state index in [1.807, 2.05) is 37.3 Å². The number of benzene rings is 1. The second kappa shape index (κ2) is 4.99. The molecule has 0 fully saturated rings. The molecule has 0 aliphatic carbocycles. The van der Waals surface area contributed by atoms with Crippen LogP contribution < -0.4 is 4.74 Å². The summed E-state index contributed by atoms with van der Waals surface area (Å²) in [6, 6.07) is 9.66. The Labute approximate surface area is 99.9 Å². The predicted molar refractivity (Wildman–Crippen MR) is 65.0 cm³/mol. The number of alkyl halides is 1. The zero-order valence-electron chi connectivity index (χ0n) is 8.98. The minimum atomic E-state index is 0.442. The van der Waals surface area contributed by atoms with Gasteiger partial charge in [-0.2, -0.15) is 0 Å². The summed E-state index contributed by atoms with van der Waals surface area (Å²) in [4.78, 5) is 4.00. The van der Waals surface area contributed by atoms with Gasteiger partial charge >= 0.3 is 0 Å². The topological polar surface area (TPSA) is 22.1 Å². The third-order valence-corrected chi connectivity index (χ3v) is 2.51. The van der Waals surface area contributed by atoms with Crippen LogP contribution in [0.25, 0.3) is 0 Å². The van der Waals surface area contributed by atoms with E-state index >= 15 is 0 Å². The highest BCUT2D eigenvalue weighted by molar-refractivity contribution is 6.17. The van der Waals surface area contributed by atoms with E-state index in [-0.39, 0.29) is 0 Å². The summed E-state index contributed by atoms with van der Waals surface area (Å²) in [7, 11) is 0. The summed E-state index contributed by atoms with van der Waals surface area (Å²) in [6.07, 6.45) is 3.39. The lowest BCUT2D eigenvalue weighted by Gasteiger charge is -2.09. The average molecular weight is 234 g/mol. The minimum Gasteiger partial charge on any atom is -0.455 e. The molecule has 0 unspecified atom stereocenters. The van der Waals surface area contributed by atoms with Crippen LogP contribution in [0.3, 0.4) is 0 Å². The highest BCUT2D eigenvalue weighted by Gasteiger charge is 2.04. The van der Waals surface area contributed by atoms with Crippen LogP contribution in [0.2, 0.25) is 0 Å². The van der Waals surface area contributed by atoms with Crippen LogP contribution in [0.15, 0.2) is 42.7 Å². The fourth-order valence-electron chi connectivity index (χ4n) is 1.45. The van der Waals surface area contributed by atoms with Crippen molar-refractivity contribution in [2.24, 2.45) is 0 Å². The van der Waals surface area contributed by atoms with E-state index in [1.54, 1.807) is 12.4 Å². The third kappa shape index (κ3) is 2.52. The number of hydrogen-bond acceptors (Lipinski definition) is 2. The van der Waals surface area contributed by atoms with Crippen molar-refractivity contribution in [2.75, 3.05) is 0 Å². The van der Waals surface area contributed by atoms with Gasteiger partial charge in [-0.15, -0.1) is 11.6 Å². The minimum absolute atomic E-state index is 0.442. The molecule has 2 rings (SSSR count). The number of hydrogen-bond donors (Lipinski definition) is 0. The van der Waals surface area contributed by atoms with E-state index in [0.29, 0.717) is 5.88 Å². The number of nitrogens with zero attached hydrogens (tertiary/aromatic N) is 1. The molecule has 1 aromatic heterocycles. The van der Waals surface area contributed by atoms with Crippen molar-refractivity contribution in [1.29, 1.82) is 0 Å². The number of rotatable bonds is 3. The van der Waals surface area contributed by atoms with Crippen LogP contribution in [0, 0.1) is 6.92 Å². The lowest BCUT2D eigenvalue weighted by molar-refractivity contribution is 0.476. The van der Waals surface area contributed by atoms with Crippen molar-refractivity contribution in [3.8, 4) is 11.5 Å². The second-order valence-corrected chi connectivity index (χ2v) is 3.80. The summed E-state index contributed by atoms with van der Waals surface area (Å²) >= 11 is 5.87. The Morgan fingerprint density at radius 2 is 2.19 bits per heavy atom. The fourth-order valence-corrected chi connectivity index (χ4v) is 1.66. The van der Waals surface area contributed by atoms with Gasteiger partial charge < -0.3 is 4.74 Å². The molecule has 1 heterocycles. The van der Waals surface area contributed by atoms with Crippen molar-refractivity contribution in [2.45, 2.75) is 12.8 Å². The molecule has 2 nitrogen and oxygen atoms in total. The standard InChI is InChI=1S/C13H12ClNO/c1-10-4-5-13(11(7-10)8-14)16-12-3-2-6-15-9-12/h2-7,9H,8H2,1H3. The maximum atomic E-state index is 5.87. The van der Waals surface area contributed by atoms with Gasteiger partial charge in [0.2, 0.25) is 0 Å². The number of aryl methyl sites for hydroxylation is 1. The maximum absolute atomic E-state index is 5.87. The molecule has 0 N–H and O–H groups in total. The first kappa shape index (κ1) is 11.0. The third-order valence-electron chi connectivity index (χ3n) is 2.22. The summed E-state index contributed by atoms with van der Waals surface area (Å²) in [5.41, 5.74) is 2.17. The van der Waals surface area contributed by atoms with E-state index in [0.717, 1.165) is 17.1 Å². The normalized spacial score (nSPS) is 10.1. The zero-order valence-corrected chi connectivity index (χ0v) is 9.74. The van der Waals surface area contributed by atoms with Gasteiger partial charge in [0, 0.05) is 11.8 Å². The van der Waals surface area contributed by atoms with Crippen LogP contribution in [-0.2, 0) is 5.88 Å². The van der Waals surface area contributed by atoms with Gasteiger partial charge in [-0.05, 0) is 25.1 Å². The van der Waals surface area contributed by atoms with Crippen molar-refractivity contribution in [1.82, 2.24) is 4.98 Å². The van der Waals surface area contributed by atoms with Crippen molar-refractivity contribution < 1.29 is 4.74 Å². The van der Waals surface area contributed by atoms with E-state index < -0.39 is 0 Å². The molecular formula is C13H12ClNO. The second-order valence-electron chi connectivity index (χ2n) is 3.54. The molecule has 0 saturated carbocycles. The molecule has 0 spiro atoms. The molecule has 0 aliphatic heterocycles. The Kier molecular flexibility index (Phi) is 3.42. The van der Waals surface area contributed by atoms with E-state index in [2.05, 4.69) is 4.98 Å². The first-order valence-corrected chi connectivity index (χ1v) is 5.56. The lowest BCUT2D eigenvalue weighted by Crippen LogP contribution is -1.90. The molecule has 82 valence electrons. The zero-order chi connectivity index (χ0) is 11.4. The molecule has 0 bridgehead atoms. The Hall–Kier alpha value is -1.54. The first-order chi connectivity index (χ1) is 7.79. The highest BCUT2D eigenvalue weighted by atomic mass is 35.5.